The molecule has 1 fully saturated rings. The van der Waals surface area contributed by atoms with Crippen LogP contribution >= 0.6 is 0 Å². The van der Waals surface area contributed by atoms with Crippen LogP contribution < -0.4 is 19.9 Å². The summed E-state index contributed by atoms with van der Waals surface area (Å²) in [5.41, 5.74) is 2.76. The predicted molar refractivity (Wildman–Crippen MR) is 133 cm³/mol. The van der Waals surface area contributed by atoms with Gasteiger partial charge in [0.25, 0.3) is 0 Å². The molecule has 2 aliphatic rings. The molecule has 0 bridgehead atoms. The van der Waals surface area contributed by atoms with E-state index in [4.69, 9.17) is 4.74 Å². The van der Waals surface area contributed by atoms with Crippen LogP contribution in [0.4, 0.5) is 27.3 Å². The van der Waals surface area contributed by atoms with Crippen molar-refractivity contribution in [2.45, 2.75) is 32.2 Å². The van der Waals surface area contributed by atoms with Gasteiger partial charge in [0.15, 0.2) is 0 Å². The lowest BCUT2D eigenvalue weighted by Crippen LogP contribution is -2.48. The topological polar surface area (TPSA) is 108 Å². The van der Waals surface area contributed by atoms with Gasteiger partial charge in [-0.25, -0.2) is 14.4 Å². The number of amides is 2. The summed E-state index contributed by atoms with van der Waals surface area (Å²) in [6.45, 7) is 2.25. The molecule has 5 rings (SSSR count). The molecule has 1 saturated heterocycles. The number of rotatable bonds is 6. The monoisotopic (exact) mass is 491 g/mol. The minimum absolute atomic E-state index is 0.0592. The number of hydrogen-bond acceptors (Lipinski definition) is 7. The highest BCUT2D eigenvalue weighted by molar-refractivity contribution is 5.96. The number of hydrogen-bond donors (Lipinski definition) is 2. The number of pyridine rings is 2. The number of aliphatic hydroxyl groups is 1. The number of nitrogens with one attached hydrogen (secondary N) is 1. The van der Waals surface area contributed by atoms with Gasteiger partial charge in [-0.2, -0.15) is 0 Å². The van der Waals surface area contributed by atoms with Crippen molar-refractivity contribution in [3.8, 4) is 17.0 Å². The number of halogens is 1. The van der Waals surface area contributed by atoms with Gasteiger partial charge < -0.3 is 20.1 Å². The van der Waals surface area contributed by atoms with Crippen LogP contribution in [0, 0.1) is 5.82 Å². The first-order chi connectivity index (χ1) is 17.5. The van der Waals surface area contributed by atoms with Crippen LogP contribution in [0.1, 0.15) is 26.2 Å². The van der Waals surface area contributed by atoms with Gasteiger partial charge in [0.2, 0.25) is 17.7 Å². The summed E-state index contributed by atoms with van der Waals surface area (Å²) in [6, 6.07) is 9.65. The fraction of sp³-hybridized carbons (Fsp3) is 0.308. The molecule has 36 heavy (non-hydrogen) atoms. The average molecular weight is 492 g/mol. The summed E-state index contributed by atoms with van der Waals surface area (Å²) in [4.78, 5) is 36.2. The predicted octanol–water partition coefficient (Wildman–Crippen LogP) is 3.65. The van der Waals surface area contributed by atoms with E-state index >= 15 is 0 Å². The number of fused-ring (bicyclic) bond motifs is 1. The van der Waals surface area contributed by atoms with Crippen LogP contribution in [0.15, 0.2) is 48.8 Å². The molecular weight excluding hydrogens is 465 g/mol. The van der Waals surface area contributed by atoms with E-state index < -0.39 is 11.9 Å². The number of ether oxygens (including phenoxy) is 1. The van der Waals surface area contributed by atoms with Crippen LogP contribution in [0.2, 0.25) is 0 Å². The van der Waals surface area contributed by atoms with Gasteiger partial charge >= 0.3 is 0 Å². The van der Waals surface area contributed by atoms with Crippen LogP contribution in [-0.4, -0.2) is 52.7 Å². The molecule has 2 amide bonds. The Kier molecular flexibility index (Phi) is 6.51. The zero-order valence-electron chi connectivity index (χ0n) is 19.8. The number of carbonyl (C=O) groups excluding carboxylic acids is 2. The molecule has 2 N–H and O–H groups in total. The van der Waals surface area contributed by atoms with Gasteiger partial charge in [-0.3, -0.25) is 14.5 Å². The summed E-state index contributed by atoms with van der Waals surface area (Å²) >= 11 is 0. The van der Waals surface area contributed by atoms with Gasteiger partial charge in [-0.15, -0.1) is 0 Å². The molecule has 1 aromatic carbocycles. The summed E-state index contributed by atoms with van der Waals surface area (Å²) < 4.78 is 20.4. The summed E-state index contributed by atoms with van der Waals surface area (Å²) in [5.74, 6) is 0.226. The highest BCUT2D eigenvalue weighted by Gasteiger charge is 2.32. The highest BCUT2D eigenvalue weighted by atomic mass is 19.1. The number of nitrogens with zero attached hydrogens (tertiary/aromatic N) is 4. The Morgan fingerprint density at radius 1 is 1.17 bits per heavy atom. The van der Waals surface area contributed by atoms with Crippen molar-refractivity contribution in [2.75, 3.05) is 34.9 Å². The van der Waals surface area contributed by atoms with E-state index in [1.165, 1.54) is 15.9 Å². The van der Waals surface area contributed by atoms with Crippen LogP contribution in [-0.2, 0) is 9.59 Å². The lowest BCUT2D eigenvalue weighted by atomic mass is 10.1. The Balaban J connectivity index is 1.34. The molecule has 1 atom stereocenters. The summed E-state index contributed by atoms with van der Waals surface area (Å²) in [5, 5.41) is 12.9. The number of carbonyl (C=O) groups is 2. The van der Waals surface area contributed by atoms with Gasteiger partial charge in [0.1, 0.15) is 23.9 Å². The normalized spacial score (nSPS) is 17.1. The first kappa shape index (κ1) is 23.7. The highest BCUT2D eigenvalue weighted by Crippen LogP contribution is 2.35. The third-order valence-electron chi connectivity index (χ3n) is 6.33. The van der Waals surface area contributed by atoms with Crippen molar-refractivity contribution < 1.29 is 23.8 Å². The van der Waals surface area contributed by atoms with E-state index in [0.717, 1.165) is 12.0 Å². The molecule has 3 aromatic rings. The number of aliphatic hydroxyl groups excluding tert-OH is 1. The molecule has 2 aromatic heterocycles. The second kappa shape index (κ2) is 9.90. The van der Waals surface area contributed by atoms with Crippen molar-refractivity contribution in [3.05, 3.63) is 54.6 Å². The quantitative estimate of drug-likeness (QED) is 0.542. The fourth-order valence-electron chi connectivity index (χ4n) is 4.48. The lowest BCUT2D eigenvalue weighted by molar-refractivity contribution is -0.119. The van der Waals surface area contributed by atoms with Crippen LogP contribution in [0.5, 0.6) is 5.88 Å². The number of anilines is 4. The van der Waals surface area contributed by atoms with E-state index in [1.807, 2.05) is 6.07 Å². The average Bonchev–Trinajstić information content (AvgIpc) is 3.33. The molecule has 0 spiro atoms. The van der Waals surface area contributed by atoms with Crippen molar-refractivity contribution in [3.63, 3.8) is 0 Å². The Morgan fingerprint density at radius 2 is 2.00 bits per heavy atom. The van der Waals surface area contributed by atoms with Gasteiger partial charge in [-0.1, -0.05) is 13.0 Å². The minimum atomic E-state index is -0.477. The Bertz CT molecular complexity index is 1300. The van der Waals surface area contributed by atoms with Gasteiger partial charge in [-0.05, 0) is 42.3 Å². The zero-order chi connectivity index (χ0) is 25.2. The van der Waals surface area contributed by atoms with E-state index in [0.29, 0.717) is 47.3 Å². The minimum Gasteiger partial charge on any atom is -0.474 e. The molecule has 186 valence electrons. The van der Waals surface area contributed by atoms with Gasteiger partial charge in [0, 0.05) is 31.1 Å². The Hall–Kier alpha value is -4.05. The lowest BCUT2D eigenvalue weighted by Gasteiger charge is -2.35. The molecule has 0 radical (unpaired) electrons. The maximum absolute atomic E-state index is 14.7. The largest absolute Gasteiger partial charge is 0.474 e. The Labute approximate surface area is 207 Å². The second-order valence-electron chi connectivity index (χ2n) is 8.69. The maximum Gasteiger partial charge on any atom is 0.238 e. The van der Waals surface area contributed by atoms with E-state index in [9.17, 15) is 19.1 Å². The van der Waals surface area contributed by atoms with Crippen LogP contribution in [0.3, 0.4) is 0 Å². The van der Waals surface area contributed by atoms with E-state index in [1.54, 1.807) is 43.6 Å². The summed E-state index contributed by atoms with van der Waals surface area (Å²) in [6.07, 6.45) is 4.67. The maximum atomic E-state index is 14.7. The third-order valence-corrected chi connectivity index (χ3v) is 6.33. The molecule has 10 heteroatoms. The smallest absolute Gasteiger partial charge is 0.238 e. The number of benzene rings is 1. The summed E-state index contributed by atoms with van der Waals surface area (Å²) in [7, 11) is 0. The number of aromatic nitrogens is 2. The Morgan fingerprint density at radius 3 is 2.67 bits per heavy atom. The van der Waals surface area contributed by atoms with E-state index in [2.05, 4.69) is 15.3 Å². The first-order valence-corrected chi connectivity index (χ1v) is 11.9. The van der Waals surface area contributed by atoms with Crippen molar-refractivity contribution in [2.24, 2.45) is 0 Å². The SMILES string of the molecule is CCC(=O)N1c2cc(Nc3ccc(-c4ccc(N5CCCC5=O)c(F)c4)cn3)cnc2OC[C@@H]1CO. The first-order valence-electron chi connectivity index (χ1n) is 11.9. The molecule has 0 saturated carbocycles. The van der Waals surface area contributed by atoms with Crippen molar-refractivity contribution in [1.29, 1.82) is 0 Å². The van der Waals surface area contributed by atoms with Crippen molar-refractivity contribution in [1.82, 2.24) is 9.97 Å². The third kappa shape index (κ3) is 4.47. The van der Waals surface area contributed by atoms with E-state index in [-0.39, 0.29) is 31.4 Å². The molecule has 0 unspecified atom stereocenters. The molecule has 4 heterocycles. The van der Waals surface area contributed by atoms with Crippen molar-refractivity contribution >= 4 is 34.7 Å². The van der Waals surface area contributed by atoms with Gasteiger partial charge in [0.05, 0.1) is 30.2 Å². The zero-order valence-corrected chi connectivity index (χ0v) is 19.8. The molecular formula is C26H26FN5O4. The second-order valence-corrected chi connectivity index (χ2v) is 8.69. The fourth-order valence-corrected chi connectivity index (χ4v) is 4.48. The molecule has 2 aliphatic heterocycles. The molecule has 9 nitrogen and oxygen atoms in total. The molecule has 0 aliphatic carbocycles. The van der Waals surface area contributed by atoms with Crippen LogP contribution in [0.25, 0.3) is 11.1 Å². The standard InChI is InChI=1S/C26H26FN5O4/c1-2-24(34)32-19(14-33)15-36-26-22(32)11-18(13-29-26)30-23-8-6-17(12-28-23)16-5-7-21(20(27)10-16)31-9-3-4-25(31)35/h5-8,10-13,19,33H,2-4,9,14-15H2,1H3,(H,28,30)/t19-/m0/s1.